The van der Waals surface area contributed by atoms with Crippen molar-refractivity contribution in [2.24, 2.45) is 11.7 Å². The van der Waals surface area contributed by atoms with E-state index in [0.29, 0.717) is 19.2 Å². The molecule has 1 aromatic heterocycles. The Balaban J connectivity index is 2.04. The molecule has 1 aliphatic heterocycles. The summed E-state index contributed by atoms with van der Waals surface area (Å²) in [5, 5.41) is 9.33. The highest BCUT2D eigenvalue weighted by Crippen LogP contribution is 2.34. The van der Waals surface area contributed by atoms with Gasteiger partial charge in [-0.3, -0.25) is 4.79 Å². The second-order valence-corrected chi connectivity index (χ2v) is 8.23. The highest BCUT2D eigenvalue weighted by atomic mass is 19.1. The first-order valence-electron chi connectivity index (χ1n) is 10.2. The first kappa shape index (κ1) is 21.9. The smallest absolute Gasteiger partial charge is 0.341 e. The fraction of sp³-hybridized carbons (Fsp3) is 0.304. The molecule has 1 saturated heterocycles. The number of hydrogen-bond acceptors (Lipinski definition) is 4. The molecule has 2 aromatic carbocycles. The molecule has 2 atom stereocenters. The third kappa shape index (κ3) is 3.52. The monoisotopic (exact) mass is 445 g/mol. The summed E-state index contributed by atoms with van der Waals surface area (Å²) in [5.74, 6) is -3.77. The number of nitrogens with zero attached hydrogens (tertiary/aromatic N) is 2. The van der Waals surface area contributed by atoms with Crippen LogP contribution in [0.2, 0.25) is 0 Å². The van der Waals surface area contributed by atoms with Crippen LogP contribution in [-0.2, 0) is 0 Å². The minimum Gasteiger partial charge on any atom is -0.477 e. The molecule has 0 radical (unpaired) electrons. The van der Waals surface area contributed by atoms with E-state index in [1.54, 1.807) is 0 Å². The molecule has 3 N–H and O–H groups in total. The summed E-state index contributed by atoms with van der Waals surface area (Å²) in [7, 11) is 0. The van der Waals surface area contributed by atoms with E-state index >= 15 is 4.39 Å². The van der Waals surface area contributed by atoms with Crippen molar-refractivity contribution in [3.05, 3.63) is 69.3 Å². The van der Waals surface area contributed by atoms with E-state index in [1.807, 2.05) is 11.8 Å². The Morgan fingerprint density at radius 1 is 1.22 bits per heavy atom. The van der Waals surface area contributed by atoms with E-state index in [1.165, 1.54) is 13.0 Å². The lowest BCUT2D eigenvalue weighted by Gasteiger charge is -2.23. The summed E-state index contributed by atoms with van der Waals surface area (Å²) >= 11 is 0. The molecule has 3 aromatic rings. The van der Waals surface area contributed by atoms with Gasteiger partial charge in [-0.1, -0.05) is 0 Å². The van der Waals surface area contributed by atoms with E-state index in [9.17, 15) is 23.5 Å². The van der Waals surface area contributed by atoms with Crippen LogP contribution >= 0.6 is 0 Å². The highest BCUT2D eigenvalue weighted by Gasteiger charge is 2.29. The second kappa shape index (κ2) is 7.98. The van der Waals surface area contributed by atoms with Gasteiger partial charge in [0.05, 0.1) is 22.3 Å². The van der Waals surface area contributed by atoms with Gasteiger partial charge in [-0.2, -0.15) is 0 Å². The predicted octanol–water partition coefficient (Wildman–Crippen LogP) is 3.59. The number of halogens is 3. The van der Waals surface area contributed by atoms with Crippen molar-refractivity contribution >= 4 is 22.6 Å². The van der Waals surface area contributed by atoms with Crippen molar-refractivity contribution in [1.29, 1.82) is 0 Å². The number of aromatic carboxylic acids is 1. The largest absolute Gasteiger partial charge is 0.477 e. The molecule has 0 unspecified atom stereocenters. The number of nitrogens with two attached hydrogens (primary N) is 1. The van der Waals surface area contributed by atoms with E-state index in [4.69, 9.17) is 5.73 Å². The lowest BCUT2D eigenvalue weighted by molar-refractivity contribution is 0.0695. The van der Waals surface area contributed by atoms with Gasteiger partial charge in [0.1, 0.15) is 23.0 Å². The summed E-state index contributed by atoms with van der Waals surface area (Å²) in [4.78, 5) is 26.4. The van der Waals surface area contributed by atoms with Crippen molar-refractivity contribution < 1.29 is 23.1 Å². The van der Waals surface area contributed by atoms with Crippen LogP contribution in [0, 0.1) is 30.3 Å². The van der Waals surface area contributed by atoms with Gasteiger partial charge in [-0.15, -0.1) is 0 Å². The minimum absolute atomic E-state index is 0.0360. The van der Waals surface area contributed by atoms with Crippen LogP contribution in [0.3, 0.4) is 0 Å². The normalized spacial score (nSPS) is 17.2. The summed E-state index contributed by atoms with van der Waals surface area (Å²) in [6.45, 7) is 4.34. The summed E-state index contributed by atoms with van der Waals surface area (Å²) < 4.78 is 44.7. The molecule has 168 valence electrons. The Morgan fingerprint density at radius 3 is 2.53 bits per heavy atom. The minimum atomic E-state index is -1.53. The van der Waals surface area contributed by atoms with Gasteiger partial charge in [0.15, 0.2) is 0 Å². The number of rotatable bonds is 4. The molecule has 9 heteroatoms. The Kier molecular flexibility index (Phi) is 5.46. The molecule has 2 heterocycles. The zero-order chi connectivity index (χ0) is 23.3. The number of benzene rings is 2. The van der Waals surface area contributed by atoms with Crippen LogP contribution in [0.25, 0.3) is 16.6 Å². The van der Waals surface area contributed by atoms with Crippen LogP contribution in [0.5, 0.6) is 0 Å². The number of carboxylic acid groups (broad SMARTS) is 1. The Bertz CT molecular complexity index is 1300. The number of aryl methyl sites for hydroxylation is 1. The number of fused-ring (bicyclic) bond motifs is 1. The third-order valence-corrected chi connectivity index (χ3v) is 6.16. The van der Waals surface area contributed by atoms with Crippen LogP contribution < -0.4 is 16.1 Å². The lowest BCUT2D eigenvalue weighted by atomic mass is 10.0. The quantitative estimate of drug-likeness (QED) is 0.641. The van der Waals surface area contributed by atoms with Gasteiger partial charge >= 0.3 is 5.97 Å². The molecule has 0 spiro atoms. The van der Waals surface area contributed by atoms with Gasteiger partial charge in [-0.05, 0) is 44.4 Å². The van der Waals surface area contributed by atoms with E-state index in [2.05, 4.69) is 0 Å². The first-order chi connectivity index (χ1) is 15.1. The van der Waals surface area contributed by atoms with Crippen molar-refractivity contribution in [1.82, 2.24) is 4.57 Å². The van der Waals surface area contributed by atoms with Gasteiger partial charge in [0, 0.05) is 37.0 Å². The number of anilines is 1. The molecule has 1 fully saturated rings. The maximum Gasteiger partial charge on any atom is 0.341 e. The van der Waals surface area contributed by atoms with Crippen molar-refractivity contribution in [2.45, 2.75) is 26.3 Å². The third-order valence-electron chi connectivity index (χ3n) is 6.16. The highest BCUT2D eigenvalue weighted by molar-refractivity contribution is 5.95. The van der Waals surface area contributed by atoms with Crippen LogP contribution in [0.1, 0.15) is 29.3 Å². The average molecular weight is 445 g/mol. The Labute approximate surface area is 181 Å². The molecule has 4 rings (SSSR count). The molecule has 32 heavy (non-hydrogen) atoms. The number of pyridine rings is 1. The van der Waals surface area contributed by atoms with Crippen molar-refractivity contribution in [3.8, 4) is 5.69 Å². The van der Waals surface area contributed by atoms with Gasteiger partial charge < -0.3 is 20.3 Å². The molecule has 0 bridgehead atoms. The zero-order valence-electron chi connectivity index (χ0n) is 17.5. The van der Waals surface area contributed by atoms with E-state index < -0.39 is 34.4 Å². The molecular formula is C23H22F3N3O3. The van der Waals surface area contributed by atoms with Crippen molar-refractivity contribution in [3.63, 3.8) is 0 Å². The average Bonchev–Trinajstić information content (AvgIpc) is 3.21. The Hall–Kier alpha value is -3.33. The van der Waals surface area contributed by atoms with E-state index in [0.717, 1.165) is 29.3 Å². The topological polar surface area (TPSA) is 88.6 Å². The maximum atomic E-state index is 15.4. The molecular weight excluding hydrogens is 423 g/mol. The molecule has 0 aliphatic carbocycles. The second-order valence-electron chi connectivity index (χ2n) is 8.23. The summed E-state index contributed by atoms with van der Waals surface area (Å²) in [6.07, 6.45) is 1.75. The zero-order valence-corrected chi connectivity index (χ0v) is 17.5. The Morgan fingerprint density at radius 2 is 1.94 bits per heavy atom. The number of hydrogen-bond donors (Lipinski definition) is 2. The first-order valence-corrected chi connectivity index (χ1v) is 10.2. The fourth-order valence-electron chi connectivity index (χ4n) is 4.32. The van der Waals surface area contributed by atoms with Gasteiger partial charge in [0.2, 0.25) is 5.43 Å². The molecule has 6 nitrogen and oxygen atoms in total. The van der Waals surface area contributed by atoms with Crippen LogP contribution in [0.15, 0.2) is 35.3 Å². The number of carbonyl (C=O) groups is 1. The molecule has 0 saturated carbocycles. The summed E-state index contributed by atoms with van der Waals surface area (Å²) in [5.41, 5.74) is 4.63. The lowest BCUT2D eigenvalue weighted by Crippen LogP contribution is -2.30. The fourth-order valence-corrected chi connectivity index (χ4v) is 4.32. The SMILES string of the molecule is Cc1c(F)c(N2CC[C@@H]([C@H](C)N)C2)cc2c1c(=O)c(C(=O)O)cn2-c1ccc(F)cc1F. The van der Waals surface area contributed by atoms with Crippen LogP contribution in [0.4, 0.5) is 18.9 Å². The van der Waals surface area contributed by atoms with E-state index in [-0.39, 0.29) is 39.8 Å². The van der Waals surface area contributed by atoms with Gasteiger partial charge in [0.25, 0.3) is 0 Å². The summed E-state index contributed by atoms with van der Waals surface area (Å²) in [6, 6.07) is 4.16. The van der Waals surface area contributed by atoms with Crippen molar-refractivity contribution in [2.75, 3.05) is 18.0 Å². The number of carboxylic acids is 1. The van der Waals surface area contributed by atoms with Crippen LogP contribution in [-0.4, -0.2) is 34.8 Å². The predicted molar refractivity (Wildman–Crippen MR) is 115 cm³/mol. The maximum absolute atomic E-state index is 15.4. The molecule has 0 amide bonds. The number of aromatic nitrogens is 1. The standard InChI is InChI=1S/C23H22F3N3O3/c1-11-20-18(8-19(21(11)26)28-6-5-13(9-28)12(2)27)29(10-15(22(20)30)23(31)32)17-4-3-14(24)7-16(17)25/h3-4,7-8,10,12-13H,5-6,9,27H2,1-2H3,(H,31,32)/t12-,13+/m0/s1. The van der Waals surface area contributed by atoms with Gasteiger partial charge in [-0.25, -0.2) is 18.0 Å². The molecule has 1 aliphatic rings.